The van der Waals surface area contributed by atoms with Crippen molar-refractivity contribution in [2.45, 2.75) is 25.9 Å². The maximum Gasteiger partial charge on any atom is 0.127 e. The Bertz CT molecular complexity index is 401. The lowest BCUT2D eigenvalue weighted by molar-refractivity contribution is 0.0266. The molecule has 1 aliphatic heterocycles. The van der Waals surface area contributed by atoms with E-state index in [4.69, 9.17) is 4.74 Å². The van der Waals surface area contributed by atoms with Crippen molar-refractivity contribution in [3.8, 4) is 6.07 Å². The highest BCUT2D eigenvalue weighted by atomic mass is 16.5. The zero-order valence-corrected chi connectivity index (χ0v) is 10.3. The van der Waals surface area contributed by atoms with Gasteiger partial charge in [0.15, 0.2) is 0 Å². The minimum absolute atomic E-state index is 0.202. The molecule has 1 atom stereocenters. The van der Waals surface area contributed by atoms with Crippen molar-refractivity contribution in [1.29, 1.82) is 5.26 Å². The Labute approximate surface area is 102 Å². The second-order valence-electron chi connectivity index (χ2n) is 4.53. The molecule has 1 saturated heterocycles. The third kappa shape index (κ3) is 2.65. The van der Waals surface area contributed by atoms with E-state index >= 15 is 0 Å². The first kappa shape index (κ1) is 12.1. The maximum atomic E-state index is 9.31. The normalized spacial score (nSPS) is 19.2. The van der Waals surface area contributed by atoms with E-state index in [9.17, 15) is 5.26 Å². The predicted molar refractivity (Wildman–Crippen MR) is 63.4 cm³/mol. The maximum absolute atomic E-state index is 9.31. The van der Waals surface area contributed by atoms with Crippen molar-refractivity contribution in [3.63, 3.8) is 0 Å². The van der Waals surface area contributed by atoms with Crippen LogP contribution in [0.15, 0.2) is 12.4 Å². The van der Waals surface area contributed by atoms with E-state index in [2.05, 4.69) is 29.9 Å². The van der Waals surface area contributed by atoms with Crippen LogP contribution >= 0.6 is 0 Å². The van der Waals surface area contributed by atoms with Gasteiger partial charge >= 0.3 is 0 Å². The quantitative estimate of drug-likeness (QED) is 0.792. The molecule has 2 heterocycles. The Kier molecular flexibility index (Phi) is 3.77. The van der Waals surface area contributed by atoms with Gasteiger partial charge in [0.05, 0.1) is 25.5 Å². The number of hydrogen-bond acceptors (Lipinski definition) is 4. The molecule has 1 unspecified atom stereocenters. The van der Waals surface area contributed by atoms with Crippen LogP contribution in [0.5, 0.6) is 0 Å². The van der Waals surface area contributed by atoms with Gasteiger partial charge < -0.3 is 4.74 Å². The minimum Gasteiger partial charge on any atom is -0.379 e. The fourth-order valence-electron chi connectivity index (χ4n) is 1.98. The van der Waals surface area contributed by atoms with Crippen LogP contribution in [0.2, 0.25) is 0 Å². The summed E-state index contributed by atoms with van der Waals surface area (Å²) in [6, 6.07) is 2.48. The van der Waals surface area contributed by atoms with Crippen molar-refractivity contribution in [2.24, 2.45) is 0 Å². The molecule has 1 aliphatic rings. The third-order valence-corrected chi connectivity index (χ3v) is 3.00. The van der Waals surface area contributed by atoms with E-state index in [1.54, 1.807) is 6.20 Å². The molecule has 17 heavy (non-hydrogen) atoms. The summed E-state index contributed by atoms with van der Waals surface area (Å²) in [4.78, 5) is 2.14. The molecule has 0 amide bonds. The first-order valence-electron chi connectivity index (χ1n) is 5.98. The van der Waals surface area contributed by atoms with Crippen LogP contribution in [0.1, 0.15) is 31.5 Å². The van der Waals surface area contributed by atoms with E-state index in [0.29, 0.717) is 19.3 Å². The molecule has 5 heteroatoms. The van der Waals surface area contributed by atoms with Crippen LogP contribution in [0, 0.1) is 11.3 Å². The third-order valence-electron chi connectivity index (χ3n) is 3.00. The second-order valence-corrected chi connectivity index (χ2v) is 4.53. The van der Waals surface area contributed by atoms with Crippen molar-refractivity contribution in [1.82, 2.24) is 14.7 Å². The number of aromatic nitrogens is 2. The van der Waals surface area contributed by atoms with Crippen LogP contribution in [0.4, 0.5) is 0 Å². The molecule has 0 spiro atoms. The number of rotatable bonds is 3. The zero-order valence-electron chi connectivity index (χ0n) is 10.3. The van der Waals surface area contributed by atoms with Gasteiger partial charge in [-0.25, -0.2) is 0 Å². The van der Waals surface area contributed by atoms with Gasteiger partial charge in [-0.1, -0.05) is 0 Å². The van der Waals surface area contributed by atoms with E-state index in [-0.39, 0.29) is 6.04 Å². The molecule has 1 aromatic rings. The lowest BCUT2D eigenvalue weighted by atomic mass is 10.1. The first-order chi connectivity index (χ1) is 8.22. The monoisotopic (exact) mass is 234 g/mol. The number of nitriles is 1. The van der Waals surface area contributed by atoms with E-state index in [1.807, 2.05) is 10.9 Å². The molecule has 0 saturated carbocycles. The summed E-state index contributed by atoms with van der Waals surface area (Å²) in [6.07, 6.45) is 3.76. The van der Waals surface area contributed by atoms with Gasteiger partial charge in [-0.05, 0) is 13.8 Å². The summed E-state index contributed by atoms with van der Waals surface area (Å²) in [5, 5.41) is 13.6. The van der Waals surface area contributed by atoms with Crippen LogP contribution in [0.25, 0.3) is 0 Å². The zero-order chi connectivity index (χ0) is 12.3. The molecule has 0 aliphatic carbocycles. The summed E-state index contributed by atoms with van der Waals surface area (Å²) in [5.41, 5.74) is 0.975. The highest BCUT2D eigenvalue weighted by molar-refractivity contribution is 5.18. The second kappa shape index (κ2) is 5.30. The summed E-state index contributed by atoms with van der Waals surface area (Å²) in [6.45, 7) is 7.18. The van der Waals surface area contributed by atoms with E-state index in [0.717, 1.165) is 18.7 Å². The van der Waals surface area contributed by atoms with Gasteiger partial charge in [0.2, 0.25) is 0 Å². The molecule has 5 nitrogen and oxygen atoms in total. The smallest absolute Gasteiger partial charge is 0.127 e. The van der Waals surface area contributed by atoms with Crippen molar-refractivity contribution < 1.29 is 4.74 Å². The van der Waals surface area contributed by atoms with Gasteiger partial charge in [-0.15, -0.1) is 0 Å². The molecule has 0 N–H and O–H groups in total. The van der Waals surface area contributed by atoms with Gasteiger partial charge in [-0.2, -0.15) is 10.4 Å². The van der Waals surface area contributed by atoms with Crippen molar-refractivity contribution >= 4 is 0 Å². The van der Waals surface area contributed by atoms with Crippen molar-refractivity contribution in [2.75, 3.05) is 26.3 Å². The van der Waals surface area contributed by atoms with Crippen LogP contribution < -0.4 is 0 Å². The van der Waals surface area contributed by atoms with Crippen LogP contribution in [-0.4, -0.2) is 41.0 Å². The molecular formula is C12H18N4O. The Morgan fingerprint density at radius 1 is 1.41 bits per heavy atom. The summed E-state index contributed by atoms with van der Waals surface area (Å²) >= 11 is 0. The van der Waals surface area contributed by atoms with E-state index < -0.39 is 0 Å². The summed E-state index contributed by atoms with van der Waals surface area (Å²) in [5.74, 6) is 0. The lowest BCUT2D eigenvalue weighted by Gasteiger charge is -2.29. The fraction of sp³-hybridized carbons (Fsp3) is 0.667. The molecular weight excluding hydrogens is 216 g/mol. The minimum atomic E-state index is -0.202. The van der Waals surface area contributed by atoms with Gasteiger partial charge in [0.25, 0.3) is 0 Å². The number of morpholine rings is 1. The lowest BCUT2D eigenvalue weighted by Crippen LogP contribution is -2.38. The Morgan fingerprint density at radius 3 is 2.65 bits per heavy atom. The first-order valence-corrected chi connectivity index (χ1v) is 5.98. The number of ether oxygens (including phenoxy) is 1. The SMILES string of the molecule is CC(C)n1cc(C(C#N)N2CCOCC2)cn1. The predicted octanol–water partition coefficient (Wildman–Crippen LogP) is 1.36. The van der Waals surface area contributed by atoms with E-state index in [1.165, 1.54) is 0 Å². The van der Waals surface area contributed by atoms with Gasteiger partial charge in [-0.3, -0.25) is 9.58 Å². The Balaban J connectivity index is 2.14. The average molecular weight is 234 g/mol. The Hall–Kier alpha value is -1.38. The highest BCUT2D eigenvalue weighted by Gasteiger charge is 2.23. The summed E-state index contributed by atoms with van der Waals surface area (Å²) < 4.78 is 7.19. The topological polar surface area (TPSA) is 54.1 Å². The number of hydrogen-bond donors (Lipinski definition) is 0. The van der Waals surface area contributed by atoms with Gasteiger partial charge in [0, 0.05) is 30.9 Å². The molecule has 0 bridgehead atoms. The largest absolute Gasteiger partial charge is 0.379 e. The molecule has 92 valence electrons. The highest BCUT2D eigenvalue weighted by Crippen LogP contribution is 2.21. The standard InChI is InChI=1S/C12H18N4O/c1-10(2)16-9-11(8-14-16)12(7-13)15-3-5-17-6-4-15/h8-10,12H,3-6H2,1-2H3. The van der Waals surface area contributed by atoms with Crippen LogP contribution in [-0.2, 0) is 4.74 Å². The van der Waals surface area contributed by atoms with Gasteiger partial charge in [0.1, 0.15) is 6.04 Å². The molecule has 2 rings (SSSR count). The molecule has 1 aromatic heterocycles. The number of nitrogens with zero attached hydrogens (tertiary/aromatic N) is 4. The molecule has 1 fully saturated rings. The fourth-order valence-corrected chi connectivity index (χ4v) is 1.98. The molecule has 0 radical (unpaired) electrons. The average Bonchev–Trinajstić information content (AvgIpc) is 2.81. The van der Waals surface area contributed by atoms with Crippen LogP contribution in [0.3, 0.4) is 0 Å². The molecule has 0 aromatic carbocycles. The van der Waals surface area contributed by atoms with Crippen molar-refractivity contribution in [3.05, 3.63) is 18.0 Å². The Morgan fingerprint density at radius 2 is 2.12 bits per heavy atom. The summed E-state index contributed by atoms with van der Waals surface area (Å²) in [7, 11) is 0.